The van der Waals surface area contributed by atoms with E-state index in [2.05, 4.69) is 15.9 Å². The summed E-state index contributed by atoms with van der Waals surface area (Å²) in [6.07, 6.45) is 2.06. The van der Waals surface area contributed by atoms with Gasteiger partial charge in [0.15, 0.2) is 0 Å². The molecule has 17 heavy (non-hydrogen) atoms. The quantitative estimate of drug-likeness (QED) is 0.932. The van der Waals surface area contributed by atoms with E-state index in [1.54, 1.807) is 0 Å². The number of fused-ring (bicyclic) bond motifs is 1. The Bertz CT molecular complexity index is 431. The van der Waals surface area contributed by atoms with Crippen LogP contribution in [0.25, 0.3) is 0 Å². The molecule has 3 nitrogen and oxygen atoms in total. The molecule has 0 aliphatic carbocycles. The number of carboxylic acids is 1. The Morgan fingerprint density at radius 3 is 3.00 bits per heavy atom. The standard InChI is InChI=1S/C13H15BrO3/c1-2-3-11-10(13(15)16)6-8-4-5-9(14)7-12(8)17-11/h4-5,7,10-11H,2-3,6H2,1H3,(H,15,16). The molecule has 1 aliphatic rings. The predicted octanol–water partition coefficient (Wildman–Crippen LogP) is 3.25. The summed E-state index contributed by atoms with van der Waals surface area (Å²) in [5, 5.41) is 9.23. The summed E-state index contributed by atoms with van der Waals surface area (Å²) in [6, 6.07) is 5.76. The van der Waals surface area contributed by atoms with Gasteiger partial charge in [0.05, 0.1) is 5.92 Å². The highest BCUT2D eigenvalue weighted by Crippen LogP contribution is 2.34. The predicted molar refractivity (Wildman–Crippen MR) is 68.3 cm³/mol. The van der Waals surface area contributed by atoms with Crippen molar-refractivity contribution in [2.45, 2.75) is 32.3 Å². The van der Waals surface area contributed by atoms with Gasteiger partial charge in [0, 0.05) is 4.47 Å². The minimum absolute atomic E-state index is 0.209. The lowest BCUT2D eigenvalue weighted by Crippen LogP contribution is -2.37. The molecule has 0 saturated carbocycles. The van der Waals surface area contributed by atoms with E-state index in [0.29, 0.717) is 6.42 Å². The van der Waals surface area contributed by atoms with Crippen molar-refractivity contribution >= 4 is 21.9 Å². The summed E-state index contributed by atoms with van der Waals surface area (Å²) in [5.74, 6) is -0.379. The van der Waals surface area contributed by atoms with E-state index < -0.39 is 11.9 Å². The second-order valence-electron chi connectivity index (χ2n) is 4.35. The maximum absolute atomic E-state index is 11.2. The highest BCUT2D eigenvalue weighted by Gasteiger charge is 2.34. The molecule has 2 unspecified atom stereocenters. The summed E-state index contributed by atoms with van der Waals surface area (Å²) < 4.78 is 6.77. The molecule has 1 N–H and O–H groups in total. The van der Waals surface area contributed by atoms with Crippen LogP contribution in [0.3, 0.4) is 0 Å². The second-order valence-corrected chi connectivity index (χ2v) is 5.26. The molecular weight excluding hydrogens is 284 g/mol. The van der Waals surface area contributed by atoms with Gasteiger partial charge in [-0.15, -0.1) is 0 Å². The van der Waals surface area contributed by atoms with Gasteiger partial charge in [-0.2, -0.15) is 0 Å². The molecule has 0 spiro atoms. The maximum atomic E-state index is 11.2. The Morgan fingerprint density at radius 2 is 2.35 bits per heavy atom. The van der Waals surface area contributed by atoms with Crippen molar-refractivity contribution in [2.24, 2.45) is 5.92 Å². The first kappa shape index (κ1) is 12.4. The molecule has 0 saturated heterocycles. The third-order valence-corrected chi connectivity index (χ3v) is 3.58. The number of benzene rings is 1. The number of carboxylic acid groups (broad SMARTS) is 1. The molecule has 0 aromatic heterocycles. The number of hydrogen-bond acceptors (Lipinski definition) is 2. The highest BCUT2D eigenvalue weighted by atomic mass is 79.9. The lowest BCUT2D eigenvalue weighted by atomic mass is 9.88. The van der Waals surface area contributed by atoms with Gasteiger partial charge in [-0.1, -0.05) is 35.3 Å². The molecule has 1 aromatic carbocycles. The zero-order valence-electron chi connectivity index (χ0n) is 9.65. The number of hydrogen-bond donors (Lipinski definition) is 1. The highest BCUT2D eigenvalue weighted by molar-refractivity contribution is 9.10. The number of aliphatic carboxylic acids is 1. The van der Waals surface area contributed by atoms with Crippen LogP contribution >= 0.6 is 15.9 Å². The molecule has 2 atom stereocenters. The van der Waals surface area contributed by atoms with E-state index in [9.17, 15) is 9.90 Å². The van der Waals surface area contributed by atoms with E-state index in [0.717, 1.165) is 28.6 Å². The minimum atomic E-state index is -0.767. The fourth-order valence-electron chi connectivity index (χ4n) is 2.21. The average Bonchev–Trinajstić information content (AvgIpc) is 2.28. The molecule has 92 valence electrons. The Morgan fingerprint density at radius 1 is 1.59 bits per heavy atom. The Kier molecular flexibility index (Phi) is 3.72. The van der Waals surface area contributed by atoms with Gasteiger partial charge in [0.1, 0.15) is 11.9 Å². The van der Waals surface area contributed by atoms with Crippen LogP contribution in [0.15, 0.2) is 22.7 Å². The fraction of sp³-hybridized carbons (Fsp3) is 0.462. The third-order valence-electron chi connectivity index (χ3n) is 3.09. The largest absolute Gasteiger partial charge is 0.489 e. The average molecular weight is 299 g/mol. The van der Waals surface area contributed by atoms with Crippen LogP contribution < -0.4 is 4.74 Å². The van der Waals surface area contributed by atoms with Crippen LogP contribution in [-0.4, -0.2) is 17.2 Å². The van der Waals surface area contributed by atoms with Crippen LogP contribution in [0.1, 0.15) is 25.3 Å². The van der Waals surface area contributed by atoms with Gasteiger partial charge in [0.2, 0.25) is 0 Å². The van der Waals surface area contributed by atoms with E-state index in [4.69, 9.17) is 4.74 Å². The normalized spacial score (nSPS) is 22.7. The van der Waals surface area contributed by atoms with Crippen LogP contribution in [-0.2, 0) is 11.2 Å². The molecule has 0 amide bonds. The molecule has 4 heteroatoms. The van der Waals surface area contributed by atoms with Crippen molar-refractivity contribution in [3.63, 3.8) is 0 Å². The van der Waals surface area contributed by atoms with Crippen molar-refractivity contribution in [1.29, 1.82) is 0 Å². The molecule has 2 rings (SSSR count). The van der Waals surface area contributed by atoms with Crippen LogP contribution in [0.2, 0.25) is 0 Å². The topological polar surface area (TPSA) is 46.5 Å². The van der Waals surface area contributed by atoms with Gasteiger partial charge in [-0.3, -0.25) is 4.79 Å². The van der Waals surface area contributed by atoms with Crippen LogP contribution in [0.4, 0.5) is 0 Å². The molecular formula is C13H15BrO3. The maximum Gasteiger partial charge on any atom is 0.310 e. The molecule has 1 aliphatic heterocycles. The Balaban J connectivity index is 2.29. The first-order valence-corrected chi connectivity index (χ1v) is 6.59. The van der Waals surface area contributed by atoms with Crippen molar-refractivity contribution in [1.82, 2.24) is 0 Å². The summed E-state index contributed by atoms with van der Waals surface area (Å²) in [4.78, 5) is 11.2. The van der Waals surface area contributed by atoms with Gasteiger partial charge >= 0.3 is 5.97 Å². The summed E-state index contributed by atoms with van der Waals surface area (Å²) in [6.45, 7) is 2.04. The second kappa shape index (κ2) is 5.08. The monoisotopic (exact) mass is 298 g/mol. The zero-order chi connectivity index (χ0) is 12.4. The Hall–Kier alpha value is -1.03. The van der Waals surface area contributed by atoms with Gasteiger partial charge in [0.25, 0.3) is 0 Å². The Labute approximate surface area is 109 Å². The molecule has 0 radical (unpaired) electrons. The molecule has 0 bridgehead atoms. The van der Waals surface area contributed by atoms with E-state index in [1.807, 2.05) is 25.1 Å². The van der Waals surface area contributed by atoms with Gasteiger partial charge < -0.3 is 9.84 Å². The van der Waals surface area contributed by atoms with Crippen molar-refractivity contribution in [3.05, 3.63) is 28.2 Å². The molecule has 1 heterocycles. The number of ether oxygens (including phenoxy) is 1. The summed E-state index contributed by atoms with van der Waals surface area (Å²) >= 11 is 3.40. The number of carbonyl (C=O) groups is 1. The first-order valence-electron chi connectivity index (χ1n) is 5.79. The van der Waals surface area contributed by atoms with Gasteiger partial charge in [-0.05, 0) is 30.5 Å². The van der Waals surface area contributed by atoms with Crippen molar-refractivity contribution in [3.8, 4) is 5.75 Å². The lowest BCUT2D eigenvalue weighted by molar-refractivity contribution is -0.145. The third kappa shape index (κ3) is 2.63. The lowest BCUT2D eigenvalue weighted by Gasteiger charge is -2.31. The smallest absolute Gasteiger partial charge is 0.310 e. The van der Waals surface area contributed by atoms with Crippen molar-refractivity contribution < 1.29 is 14.6 Å². The van der Waals surface area contributed by atoms with E-state index >= 15 is 0 Å². The number of rotatable bonds is 3. The fourth-order valence-corrected chi connectivity index (χ4v) is 2.55. The first-order chi connectivity index (χ1) is 8.11. The SMILES string of the molecule is CCCC1Oc2cc(Br)ccc2CC1C(=O)O. The van der Waals surface area contributed by atoms with E-state index in [-0.39, 0.29) is 6.10 Å². The van der Waals surface area contributed by atoms with Crippen molar-refractivity contribution in [2.75, 3.05) is 0 Å². The zero-order valence-corrected chi connectivity index (χ0v) is 11.2. The number of halogens is 1. The van der Waals surface area contributed by atoms with E-state index in [1.165, 1.54) is 0 Å². The van der Waals surface area contributed by atoms with Crippen LogP contribution in [0.5, 0.6) is 5.75 Å². The summed E-state index contributed by atoms with van der Waals surface area (Å²) in [5.41, 5.74) is 0.980. The molecule has 0 fully saturated rings. The summed E-state index contributed by atoms with van der Waals surface area (Å²) in [7, 11) is 0. The van der Waals surface area contributed by atoms with Gasteiger partial charge in [-0.25, -0.2) is 0 Å². The van der Waals surface area contributed by atoms with Crippen LogP contribution in [0, 0.1) is 5.92 Å². The molecule has 1 aromatic rings. The minimum Gasteiger partial charge on any atom is -0.489 e.